The van der Waals surface area contributed by atoms with E-state index in [0.717, 1.165) is 37.4 Å². The lowest BCUT2D eigenvalue weighted by atomic mass is 10.1. The van der Waals surface area contributed by atoms with Crippen LogP contribution in [0.4, 0.5) is 5.69 Å². The number of rotatable bonds is 5. The largest absolute Gasteiger partial charge is 0.325 e. The molecule has 2 aromatic carbocycles. The maximum Gasteiger partial charge on any atom is 0.238 e. The molecule has 0 aromatic heterocycles. The molecule has 138 valence electrons. The second-order valence-electron chi connectivity index (χ2n) is 7.19. The van der Waals surface area contributed by atoms with Crippen molar-refractivity contribution >= 4 is 11.6 Å². The lowest BCUT2D eigenvalue weighted by molar-refractivity contribution is -0.117. The Morgan fingerprint density at radius 1 is 1.00 bits per heavy atom. The molecule has 0 saturated carbocycles. The van der Waals surface area contributed by atoms with Gasteiger partial charge in [-0.15, -0.1) is 0 Å². The molecule has 2 aromatic rings. The van der Waals surface area contributed by atoms with Crippen LogP contribution < -0.4 is 5.32 Å². The maximum absolute atomic E-state index is 12.4. The number of hydrogen-bond donors (Lipinski definition) is 1. The third-order valence-electron chi connectivity index (χ3n) is 5.48. The monoisotopic (exact) mass is 351 g/mol. The summed E-state index contributed by atoms with van der Waals surface area (Å²) >= 11 is 0. The van der Waals surface area contributed by atoms with Gasteiger partial charge in [0.25, 0.3) is 0 Å². The minimum Gasteiger partial charge on any atom is -0.325 e. The molecule has 4 nitrogen and oxygen atoms in total. The summed E-state index contributed by atoms with van der Waals surface area (Å²) in [4.78, 5) is 17.2. The molecular weight excluding hydrogens is 322 g/mol. The van der Waals surface area contributed by atoms with Crippen LogP contribution >= 0.6 is 0 Å². The van der Waals surface area contributed by atoms with Crippen LogP contribution in [-0.2, 0) is 4.79 Å². The molecule has 0 spiro atoms. The number of carbonyl (C=O) groups is 1. The zero-order valence-corrected chi connectivity index (χ0v) is 16.0. The Hall–Kier alpha value is -2.17. The smallest absolute Gasteiger partial charge is 0.238 e. The van der Waals surface area contributed by atoms with Crippen molar-refractivity contribution in [3.63, 3.8) is 0 Å². The molecule has 1 atom stereocenters. The van der Waals surface area contributed by atoms with E-state index in [4.69, 9.17) is 0 Å². The van der Waals surface area contributed by atoms with Gasteiger partial charge in [0.1, 0.15) is 0 Å². The fourth-order valence-electron chi connectivity index (χ4n) is 3.53. The highest BCUT2D eigenvalue weighted by atomic mass is 16.2. The van der Waals surface area contributed by atoms with E-state index in [-0.39, 0.29) is 5.91 Å². The SMILES string of the molecule is Cc1cccc(NC(=O)CN2CCN(C(C)c3ccccc3)CC2)c1C. The average Bonchev–Trinajstić information content (AvgIpc) is 2.66. The highest BCUT2D eigenvalue weighted by Crippen LogP contribution is 2.21. The first kappa shape index (κ1) is 18.6. The number of carbonyl (C=O) groups excluding carboxylic acids is 1. The van der Waals surface area contributed by atoms with Crippen LogP contribution in [0.5, 0.6) is 0 Å². The third-order valence-corrected chi connectivity index (χ3v) is 5.48. The van der Waals surface area contributed by atoms with Crippen LogP contribution in [0.15, 0.2) is 48.5 Å². The Kier molecular flexibility index (Phi) is 6.07. The van der Waals surface area contributed by atoms with Crippen LogP contribution in [0.3, 0.4) is 0 Å². The van der Waals surface area contributed by atoms with Gasteiger partial charge in [-0.2, -0.15) is 0 Å². The molecule has 1 fully saturated rings. The first-order valence-electron chi connectivity index (χ1n) is 9.42. The molecule has 1 aliphatic heterocycles. The van der Waals surface area contributed by atoms with E-state index in [2.05, 4.69) is 72.3 Å². The second-order valence-corrected chi connectivity index (χ2v) is 7.19. The molecule has 1 aliphatic rings. The Labute approximate surface area is 156 Å². The number of nitrogens with zero attached hydrogens (tertiary/aromatic N) is 2. The van der Waals surface area contributed by atoms with Crippen molar-refractivity contribution in [2.24, 2.45) is 0 Å². The summed E-state index contributed by atoms with van der Waals surface area (Å²) in [6, 6.07) is 17.1. The normalized spacial score (nSPS) is 17.0. The van der Waals surface area contributed by atoms with Crippen LogP contribution in [-0.4, -0.2) is 48.4 Å². The molecule has 0 radical (unpaired) electrons. The van der Waals surface area contributed by atoms with Gasteiger partial charge in [-0.05, 0) is 43.5 Å². The molecule has 1 heterocycles. The van der Waals surface area contributed by atoms with E-state index in [1.54, 1.807) is 0 Å². The van der Waals surface area contributed by atoms with Gasteiger partial charge in [-0.25, -0.2) is 0 Å². The Bertz CT molecular complexity index is 736. The van der Waals surface area contributed by atoms with Crippen molar-refractivity contribution in [2.45, 2.75) is 26.8 Å². The predicted octanol–water partition coefficient (Wildman–Crippen LogP) is 3.62. The number of aryl methyl sites for hydroxylation is 1. The number of anilines is 1. The van der Waals surface area contributed by atoms with E-state index < -0.39 is 0 Å². The van der Waals surface area contributed by atoms with Crippen molar-refractivity contribution < 1.29 is 4.79 Å². The lowest BCUT2D eigenvalue weighted by Crippen LogP contribution is -2.49. The summed E-state index contributed by atoms with van der Waals surface area (Å²) < 4.78 is 0. The maximum atomic E-state index is 12.4. The first-order valence-corrected chi connectivity index (χ1v) is 9.42. The van der Waals surface area contributed by atoms with Crippen LogP contribution in [0.1, 0.15) is 29.7 Å². The molecule has 1 N–H and O–H groups in total. The molecule has 1 amide bonds. The van der Waals surface area contributed by atoms with Gasteiger partial charge in [0.15, 0.2) is 0 Å². The Balaban J connectivity index is 1.49. The van der Waals surface area contributed by atoms with Gasteiger partial charge in [-0.3, -0.25) is 14.6 Å². The summed E-state index contributed by atoms with van der Waals surface area (Å²) in [5.74, 6) is 0.0725. The highest BCUT2D eigenvalue weighted by Gasteiger charge is 2.23. The van der Waals surface area contributed by atoms with Crippen molar-refractivity contribution in [3.8, 4) is 0 Å². The fraction of sp³-hybridized carbons (Fsp3) is 0.409. The van der Waals surface area contributed by atoms with Gasteiger partial charge in [-0.1, -0.05) is 42.5 Å². The summed E-state index contributed by atoms with van der Waals surface area (Å²) in [6.45, 7) is 10.7. The topological polar surface area (TPSA) is 35.6 Å². The Morgan fingerprint density at radius 3 is 2.38 bits per heavy atom. The molecular formula is C22H29N3O. The highest BCUT2D eigenvalue weighted by molar-refractivity contribution is 5.93. The molecule has 4 heteroatoms. The van der Waals surface area contributed by atoms with Gasteiger partial charge < -0.3 is 5.32 Å². The van der Waals surface area contributed by atoms with Gasteiger partial charge >= 0.3 is 0 Å². The number of hydrogen-bond acceptors (Lipinski definition) is 3. The van der Waals surface area contributed by atoms with Crippen molar-refractivity contribution in [1.82, 2.24) is 9.80 Å². The first-order chi connectivity index (χ1) is 12.5. The molecule has 26 heavy (non-hydrogen) atoms. The third kappa shape index (κ3) is 4.51. The molecule has 0 bridgehead atoms. The number of benzene rings is 2. The van der Waals surface area contributed by atoms with E-state index in [9.17, 15) is 4.79 Å². The van der Waals surface area contributed by atoms with Crippen LogP contribution in [0.25, 0.3) is 0 Å². The number of piperazine rings is 1. The standard InChI is InChI=1S/C22H29N3O/c1-17-8-7-11-21(18(17)2)23-22(26)16-24-12-14-25(15-13-24)19(3)20-9-5-4-6-10-20/h4-11,19H,12-16H2,1-3H3,(H,23,26). The Morgan fingerprint density at radius 2 is 1.69 bits per heavy atom. The fourth-order valence-corrected chi connectivity index (χ4v) is 3.53. The second kappa shape index (κ2) is 8.47. The van der Waals surface area contributed by atoms with E-state index >= 15 is 0 Å². The molecule has 0 aliphatic carbocycles. The summed E-state index contributed by atoms with van der Waals surface area (Å²) in [7, 11) is 0. The average molecular weight is 351 g/mol. The summed E-state index contributed by atoms with van der Waals surface area (Å²) in [5, 5.41) is 3.06. The van der Waals surface area contributed by atoms with Gasteiger partial charge in [0.05, 0.1) is 6.54 Å². The van der Waals surface area contributed by atoms with E-state index in [1.807, 2.05) is 12.1 Å². The van der Waals surface area contributed by atoms with Gasteiger partial charge in [0, 0.05) is 37.9 Å². The van der Waals surface area contributed by atoms with Crippen molar-refractivity contribution in [1.29, 1.82) is 0 Å². The minimum atomic E-state index is 0.0725. The molecule has 1 unspecified atom stereocenters. The lowest BCUT2D eigenvalue weighted by Gasteiger charge is -2.38. The summed E-state index contributed by atoms with van der Waals surface area (Å²) in [6.07, 6.45) is 0. The summed E-state index contributed by atoms with van der Waals surface area (Å²) in [5.41, 5.74) is 4.62. The number of nitrogens with one attached hydrogen (secondary N) is 1. The zero-order valence-electron chi connectivity index (χ0n) is 16.0. The van der Waals surface area contributed by atoms with Crippen LogP contribution in [0.2, 0.25) is 0 Å². The van der Waals surface area contributed by atoms with E-state index in [0.29, 0.717) is 12.6 Å². The van der Waals surface area contributed by atoms with Crippen LogP contribution in [0, 0.1) is 13.8 Å². The van der Waals surface area contributed by atoms with Crippen molar-refractivity contribution in [3.05, 3.63) is 65.2 Å². The number of amides is 1. The zero-order chi connectivity index (χ0) is 18.5. The quantitative estimate of drug-likeness (QED) is 0.894. The van der Waals surface area contributed by atoms with E-state index in [1.165, 1.54) is 11.1 Å². The molecule has 1 saturated heterocycles. The predicted molar refractivity (Wildman–Crippen MR) is 107 cm³/mol. The molecule has 3 rings (SSSR count). The van der Waals surface area contributed by atoms with Crippen molar-refractivity contribution in [2.75, 3.05) is 38.0 Å². The van der Waals surface area contributed by atoms with Gasteiger partial charge in [0.2, 0.25) is 5.91 Å². The minimum absolute atomic E-state index is 0.0725.